The van der Waals surface area contributed by atoms with Crippen LogP contribution in [0.2, 0.25) is 0 Å². The average Bonchev–Trinajstić information content (AvgIpc) is 3.27. The number of H-pyrrole nitrogens is 1. The van der Waals surface area contributed by atoms with E-state index in [-0.39, 0.29) is 17.9 Å². The van der Waals surface area contributed by atoms with Gasteiger partial charge < -0.3 is 15.2 Å². The Morgan fingerprint density at radius 1 is 1.15 bits per heavy atom. The third-order valence-corrected chi connectivity index (χ3v) is 4.69. The predicted octanol–water partition coefficient (Wildman–Crippen LogP) is 3.50. The van der Waals surface area contributed by atoms with Crippen LogP contribution in [-0.2, 0) is 4.79 Å². The molecule has 6 heteroatoms. The van der Waals surface area contributed by atoms with Crippen molar-refractivity contribution in [2.75, 3.05) is 11.9 Å². The summed E-state index contributed by atoms with van der Waals surface area (Å²) in [5, 5.41) is 2.71. The Bertz CT molecular complexity index is 928. The van der Waals surface area contributed by atoms with E-state index in [1.54, 1.807) is 24.3 Å². The molecule has 1 aliphatic heterocycles. The first-order valence-electron chi connectivity index (χ1n) is 8.75. The zero-order valence-electron chi connectivity index (χ0n) is 14.5. The number of imidazole rings is 1. The van der Waals surface area contributed by atoms with Crippen molar-refractivity contribution in [3.05, 3.63) is 59.9 Å². The number of fused-ring (bicyclic) bond motifs is 1. The van der Waals surface area contributed by atoms with E-state index in [1.165, 1.54) is 6.92 Å². The molecule has 132 valence electrons. The van der Waals surface area contributed by atoms with Crippen LogP contribution in [0.4, 0.5) is 5.69 Å². The molecule has 2 N–H and O–H groups in total. The maximum Gasteiger partial charge on any atom is 0.254 e. The van der Waals surface area contributed by atoms with Gasteiger partial charge in [-0.05, 0) is 49.2 Å². The van der Waals surface area contributed by atoms with Crippen LogP contribution in [-0.4, -0.2) is 33.2 Å². The molecule has 0 aliphatic carbocycles. The van der Waals surface area contributed by atoms with Crippen LogP contribution in [0, 0.1) is 0 Å². The summed E-state index contributed by atoms with van der Waals surface area (Å²) in [6.07, 6.45) is 1.85. The minimum atomic E-state index is -0.131. The van der Waals surface area contributed by atoms with Crippen molar-refractivity contribution in [2.24, 2.45) is 0 Å². The maximum atomic E-state index is 13.0. The van der Waals surface area contributed by atoms with Gasteiger partial charge in [0.05, 0.1) is 17.1 Å². The highest BCUT2D eigenvalue weighted by atomic mass is 16.2. The summed E-state index contributed by atoms with van der Waals surface area (Å²) in [7, 11) is 0. The van der Waals surface area contributed by atoms with Crippen molar-refractivity contribution in [2.45, 2.75) is 25.8 Å². The van der Waals surface area contributed by atoms with Crippen LogP contribution in [0.3, 0.4) is 0 Å². The van der Waals surface area contributed by atoms with Crippen molar-refractivity contribution < 1.29 is 9.59 Å². The van der Waals surface area contributed by atoms with Gasteiger partial charge in [0.1, 0.15) is 5.82 Å². The normalized spacial score (nSPS) is 16.8. The molecule has 2 amide bonds. The van der Waals surface area contributed by atoms with E-state index in [2.05, 4.69) is 15.3 Å². The van der Waals surface area contributed by atoms with E-state index in [4.69, 9.17) is 0 Å². The lowest BCUT2D eigenvalue weighted by molar-refractivity contribution is -0.114. The number of carbonyl (C=O) groups is 2. The Morgan fingerprint density at radius 3 is 2.65 bits per heavy atom. The molecule has 4 rings (SSSR count). The number of aromatic amines is 1. The molecular weight excluding hydrogens is 328 g/mol. The summed E-state index contributed by atoms with van der Waals surface area (Å²) in [4.78, 5) is 34.0. The standard InChI is InChI=1S/C20H20N4O2/c1-13(25)21-15-10-8-14(9-11-15)20(26)24-12-4-7-18(24)19-22-16-5-2-3-6-17(16)23-19/h2-3,5-6,8-11,18H,4,7,12H2,1H3,(H,21,25)(H,22,23). The molecule has 3 aromatic rings. The number of amides is 2. The van der Waals surface area contributed by atoms with Gasteiger partial charge in [0.15, 0.2) is 0 Å². The second-order valence-electron chi connectivity index (χ2n) is 6.55. The summed E-state index contributed by atoms with van der Waals surface area (Å²) in [5.74, 6) is 0.697. The van der Waals surface area contributed by atoms with Gasteiger partial charge >= 0.3 is 0 Å². The Balaban J connectivity index is 1.57. The number of aromatic nitrogens is 2. The molecule has 0 radical (unpaired) electrons. The van der Waals surface area contributed by atoms with Gasteiger partial charge in [-0.3, -0.25) is 9.59 Å². The summed E-state index contributed by atoms with van der Waals surface area (Å²) in [5.41, 5.74) is 3.20. The Kier molecular flexibility index (Phi) is 4.16. The fraction of sp³-hybridized carbons (Fsp3) is 0.250. The Labute approximate surface area is 151 Å². The lowest BCUT2D eigenvalue weighted by Crippen LogP contribution is -2.31. The minimum Gasteiger partial charge on any atom is -0.340 e. The lowest BCUT2D eigenvalue weighted by Gasteiger charge is -2.23. The summed E-state index contributed by atoms with van der Waals surface area (Å²) in [6, 6.07) is 14.9. The third kappa shape index (κ3) is 3.06. The number of nitrogens with zero attached hydrogens (tertiary/aromatic N) is 2. The topological polar surface area (TPSA) is 78.1 Å². The highest BCUT2D eigenvalue weighted by molar-refractivity contribution is 5.96. The third-order valence-electron chi connectivity index (χ3n) is 4.69. The minimum absolute atomic E-state index is 0.0117. The molecule has 1 aromatic heterocycles. The van der Waals surface area contributed by atoms with Gasteiger partial charge in [0, 0.05) is 24.7 Å². The van der Waals surface area contributed by atoms with Crippen LogP contribution in [0.1, 0.15) is 42.0 Å². The number of carbonyl (C=O) groups excluding carboxylic acids is 2. The van der Waals surface area contributed by atoms with Crippen molar-refractivity contribution in [1.29, 1.82) is 0 Å². The van der Waals surface area contributed by atoms with E-state index in [0.29, 0.717) is 17.8 Å². The molecule has 1 aliphatic rings. The van der Waals surface area contributed by atoms with Crippen molar-refractivity contribution in [3.8, 4) is 0 Å². The van der Waals surface area contributed by atoms with E-state index < -0.39 is 0 Å². The molecule has 2 heterocycles. The fourth-order valence-electron chi connectivity index (χ4n) is 3.49. The van der Waals surface area contributed by atoms with E-state index in [1.807, 2.05) is 29.2 Å². The maximum absolute atomic E-state index is 13.0. The molecule has 1 saturated heterocycles. The molecule has 6 nitrogen and oxygen atoms in total. The van der Waals surface area contributed by atoms with E-state index in [9.17, 15) is 9.59 Å². The molecule has 1 unspecified atom stereocenters. The number of nitrogens with one attached hydrogen (secondary N) is 2. The number of hydrogen-bond donors (Lipinski definition) is 2. The number of hydrogen-bond acceptors (Lipinski definition) is 3. The van der Waals surface area contributed by atoms with Gasteiger partial charge in [-0.25, -0.2) is 4.98 Å². The predicted molar refractivity (Wildman–Crippen MR) is 99.9 cm³/mol. The van der Waals surface area contributed by atoms with Gasteiger partial charge in [-0.2, -0.15) is 0 Å². The van der Waals surface area contributed by atoms with E-state index >= 15 is 0 Å². The largest absolute Gasteiger partial charge is 0.340 e. The lowest BCUT2D eigenvalue weighted by atomic mass is 10.1. The van der Waals surface area contributed by atoms with Crippen LogP contribution in [0.5, 0.6) is 0 Å². The number of anilines is 1. The first kappa shape index (κ1) is 16.3. The Morgan fingerprint density at radius 2 is 1.92 bits per heavy atom. The summed E-state index contributed by atoms with van der Waals surface area (Å²) >= 11 is 0. The number of para-hydroxylation sites is 2. The SMILES string of the molecule is CC(=O)Nc1ccc(C(=O)N2CCCC2c2nc3ccccc3[nH]2)cc1. The van der Waals surface area contributed by atoms with Gasteiger partial charge in [0.25, 0.3) is 5.91 Å². The second-order valence-corrected chi connectivity index (χ2v) is 6.55. The van der Waals surface area contributed by atoms with E-state index in [0.717, 1.165) is 29.7 Å². The molecule has 1 atom stereocenters. The monoisotopic (exact) mass is 348 g/mol. The van der Waals surface area contributed by atoms with Gasteiger partial charge in [0.2, 0.25) is 5.91 Å². The molecule has 26 heavy (non-hydrogen) atoms. The highest BCUT2D eigenvalue weighted by Gasteiger charge is 2.32. The molecule has 0 spiro atoms. The molecular formula is C20H20N4O2. The fourth-order valence-corrected chi connectivity index (χ4v) is 3.49. The van der Waals surface area contributed by atoms with Crippen molar-refractivity contribution >= 4 is 28.5 Å². The average molecular weight is 348 g/mol. The van der Waals surface area contributed by atoms with Gasteiger partial charge in [-0.15, -0.1) is 0 Å². The zero-order chi connectivity index (χ0) is 18.1. The first-order valence-corrected chi connectivity index (χ1v) is 8.75. The van der Waals surface area contributed by atoms with Crippen molar-refractivity contribution in [1.82, 2.24) is 14.9 Å². The number of likely N-dealkylation sites (tertiary alicyclic amines) is 1. The molecule has 0 saturated carbocycles. The summed E-state index contributed by atoms with van der Waals surface area (Å²) in [6.45, 7) is 2.18. The second kappa shape index (κ2) is 6.63. The number of benzene rings is 2. The Hall–Kier alpha value is -3.15. The van der Waals surface area contributed by atoms with Gasteiger partial charge in [-0.1, -0.05) is 12.1 Å². The molecule has 2 aromatic carbocycles. The molecule has 1 fully saturated rings. The van der Waals surface area contributed by atoms with Crippen LogP contribution in [0.15, 0.2) is 48.5 Å². The van der Waals surface area contributed by atoms with Crippen molar-refractivity contribution in [3.63, 3.8) is 0 Å². The summed E-state index contributed by atoms with van der Waals surface area (Å²) < 4.78 is 0. The quantitative estimate of drug-likeness (QED) is 0.760. The van der Waals surface area contributed by atoms with Crippen LogP contribution in [0.25, 0.3) is 11.0 Å². The highest BCUT2D eigenvalue weighted by Crippen LogP contribution is 2.32. The zero-order valence-corrected chi connectivity index (χ0v) is 14.5. The first-order chi connectivity index (χ1) is 12.6. The van der Waals surface area contributed by atoms with Crippen LogP contribution >= 0.6 is 0 Å². The molecule has 0 bridgehead atoms. The number of rotatable bonds is 3. The van der Waals surface area contributed by atoms with Crippen LogP contribution < -0.4 is 5.32 Å². The smallest absolute Gasteiger partial charge is 0.254 e.